The molecular weight excluding hydrogens is 270 g/mol. The molecule has 0 spiro atoms. The average Bonchev–Trinajstić information content (AvgIpc) is 2.94. The van der Waals surface area contributed by atoms with Crippen molar-refractivity contribution in [2.45, 2.75) is 54.0 Å². The van der Waals surface area contributed by atoms with Crippen molar-refractivity contribution < 1.29 is 0 Å². The fourth-order valence-corrected chi connectivity index (χ4v) is 2.75. The molecule has 3 rings (SSSR count). The molecule has 0 aliphatic carbocycles. The van der Waals surface area contributed by atoms with Crippen LogP contribution in [0.25, 0.3) is 11.0 Å². The van der Waals surface area contributed by atoms with Crippen LogP contribution in [-0.4, -0.2) is 27.5 Å². The molecule has 1 aromatic carbocycles. The van der Waals surface area contributed by atoms with Gasteiger partial charge in [0.25, 0.3) is 0 Å². The highest BCUT2D eigenvalue weighted by Gasteiger charge is 2.15. The topological polar surface area (TPSA) is 21.1 Å². The standard InChI is InChI=1S/C15H21N3.2C2H6/c1-12-5-7-18(8-6-12)10-13-3-4-14-15(9-13)17(2)11-16-14;2*1-2/h3-4,9,11-12H,5-8,10H2,1-2H3;2*1-2H3. The van der Waals surface area contributed by atoms with Crippen molar-refractivity contribution in [1.82, 2.24) is 14.5 Å². The highest BCUT2D eigenvalue weighted by atomic mass is 15.1. The van der Waals surface area contributed by atoms with Gasteiger partial charge in [0.15, 0.2) is 0 Å². The van der Waals surface area contributed by atoms with Crippen LogP contribution in [0.5, 0.6) is 0 Å². The van der Waals surface area contributed by atoms with E-state index < -0.39 is 0 Å². The van der Waals surface area contributed by atoms with Crippen molar-refractivity contribution in [2.24, 2.45) is 13.0 Å². The third-order valence-corrected chi connectivity index (χ3v) is 4.07. The molecule has 1 aliphatic rings. The van der Waals surface area contributed by atoms with Gasteiger partial charge in [-0.25, -0.2) is 4.98 Å². The molecule has 1 fully saturated rings. The Labute approximate surface area is 136 Å². The first-order valence-corrected chi connectivity index (χ1v) is 8.84. The number of aryl methyl sites for hydroxylation is 1. The number of imidazole rings is 1. The number of hydrogen-bond acceptors (Lipinski definition) is 2. The van der Waals surface area contributed by atoms with Crippen LogP contribution in [0.15, 0.2) is 24.5 Å². The summed E-state index contributed by atoms with van der Waals surface area (Å²) in [4.78, 5) is 6.93. The predicted octanol–water partition coefficient (Wildman–Crippen LogP) is 4.86. The number of piperidine rings is 1. The lowest BCUT2D eigenvalue weighted by Crippen LogP contribution is -2.32. The summed E-state index contributed by atoms with van der Waals surface area (Å²) in [5.41, 5.74) is 3.73. The second kappa shape index (κ2) is 9.62. The number of fused-ring (bicyclic) bond motifs is 1. The zero-order valence-electron chi connectivity index (χ0n) is 15.3. The molecule has 2 heterocycles. The Balaban J connectivity index is 0.000000561. The molecular formula is C19H33N3. The van der Waals surface area contributed by atoms with Crippen LogP contribution in [-0.2, 0) is 13.6 Å². The summed E-state index contributed by atoms with van der Waals surface area (Å²) in [5.74, 6) is 0.904. The van der Waals surface area contributed by atoms with Crippen LogP contribution in [0.3, 0.4) is 0 Å². The first-order chi connectivity index (χ1) is 10.7. The largest absolute Gasteiger partial charge is 0.334 e. The van der Waals surface area contributed by atoms with Crippen LogP contribution in [0, 0.1) is 5.92 Å². The van der Waals surface area contributed by atoms with Crippen molar-refractivity contribution >= 4 is 11.0 Å². The van der Waals surface area contributed by atoms with Gasteiger partial charge in [-0.2, -0.15) is 0 Å². The van der Waals surface area contributed by atoms with E-state index in [1.54, 1.807) is 0 Å². The highest BCUT2D eigenvalue weighted by molar-refractivity contribution is 5.75. The zero-order valence-corrected chi connectivity index (χ0v) is 15.3. The molecule has 0 N–H and O–H groups in total. The predicted molar refractivity (Wildman–Crippen MR) is 97.1 cm³/mol. The van der Waals surface area contributed by atoms with E-state index in [2.05, 4.69) is 46.6 Å². The smallest absolute Gasteiger partial charge is 0.0955 e. The Morgan fingerprint density at radius 1 is 1.09 bits per heavy atom. The summed E-state index contributed by atoms with van der Waals surface area (Å²) in [6, 6.07) is 6.63. The third kappa shape index (κ3) is 4.84. The van der Waals surface area contributed by atoms with E-state index >= 15 is 0 Å². The van der Waals surface area contributed by atoms with Gasteiger partial charge in [0.2, 0.25) is 0 Å². The van der Waals surface area contributed by atoms with Crippen LogP contribution in [0.2, 0.25) is 0 Å². The van der Waals surface area contributed by atoms with Crippen LogP contribution in [0.4, 0.5) is 0 Å². The SMILES string of the molecule is CC.CC.CC1CCN(Cc2ccc3ncn(C)c3c2)CC1. The van der Waals surface area contributed by atoms with E-state index in [1.165, 1.54) is 37.0 Å². The zero-order chi connectivity index (χ0) is 16.5. The summed E-state index contributed by atoms with van der Waals surface area (Å²) in [5, 5.41) is 0. The first-order valence-electron chi connectivity index (χ1n) is 8.84. The molecule has 2 aromatic rings. The third-order valence-electron chi connectivity index (χ3n) is 4.07. The van der Waals surface area contributed by atoms with Crippen molar-refractivity contribution in [2.75, 3.05) is 13.1 Å². The Hall–Kier alpha value is -1.35. The number of aromatic nitrogens is 2. The van der Waals surface area contributed by atoms with E-state index in [4.69, 9.17) is 0 Å². The molecule has 22 heavy (non-hydrogen) atoms. The van der Waals surface area contributed by atoms with Gasteiger partial charge in [0.05, 0.1) is 17.4 Å². The summed E-state index contributed by atoms with van der Waals surface area (Å²) >= 11 is 0. The fraction of sp³-hybridized carbons (Fsp3) is 0.632. The van der Waals surface area contributed by atoms with Gasteiger partial charge in [-0.05, 0) is 49.5 Å². The van der Waals surface area contributed by atoms with Crippen LogP contribution >= 0.6 is 0 Å². The van der Waals surface area contributed by atoms with E-state index in [0.29, 0.717) is 0 Å². The number of benzene rings is 1. The minimum atomic E-state index is 0.904. The molecule has 3 nitrogen and oxygen atoms in total. The summed E-state index contributed by atoms with van der Waals surface area (Å²) in [6.45, 7) is 13.9. The minimum Gasteiger partial charge on any atom is -0.334 e. The summed E-state index contributed by atoms with van der Waals surface area (Å²) < 4.78 is 2.09. The quantitative estimate of drug-likeness (QED) is 0.790. The molecule has 3 heteroatoms. The lowest BCUT2D eigenvalue weighted by Gasteiger charge is -2.30. The molecule has 0 amide bonds. The summed E-state index contributed by atoms with van der Waals surface area (Å²) in [7, 11) is 2.06. The van der Waals surface area contributed by atoms with E-state index in [0.717, 1.165) is 18.0 Å². The van der Waals surface area contributed by atoms with E-state index in [1.807, 2.05) is 34.0 Å². The maximum absolute atomic E-state index is 4.37. The van der Waals surface area contributed by atoms with E-state index in [-0.39, 0.29) is 0 Å². The van der Waals surface area contributed by atoms with Gasteiger partial charge in [0, 0.05) is 13.6 Å². The van der Waals surface area contributed by atoms with Crippen molar-refractivity contribution in [1.29, 1.82) is 0 Å². The Morgan fingerprint density at radius 3 is 2.36 bits per heavy atom. The number of rotatable bonds is 2. The normalized spacial score (nSPS) is 15.7. The molecule has 0 unspecified atom stereocenters. The van der Waals surface area contributed by atoms with Crippen molar-refractivity contribution in [3.63, 3.8) is 0 Å². The average molecular weight is 303 g/mol. The number of likely N-dealkylation sites (tertiary alicyclic amines) is 1. The monoisotopic (exact) mass is 303 g/mol. The molecule has 0 radical (unpaired) electrons. The molecule has 1 aliphatic heterocycles. The van der Waals surface area contributed by atoms with Gasteiger partial charge >= 0.3 is 0 Å². The Morgan fingerprint density at radius 2 is 1.73 bits per heavy atom. The fourth-order valence-electron chi connectivity index (χ4n) is 2.75. The molecule has 1 saturated heterocycles. The Kier molecular flexibility index (Phi) is 8.18. The molecule has 124 valence electrons. The number of nitrogens with zero attached hydrogens (tertiary/aromatic N) is 3. The minimum absolute atomic E-state index is 0.904. The molecule has 1 aromatic heterocycles. The van der Waals surface area contributed by atoms with Gasteiger partial charge in [-0.1, -0.05) is 40.7 Å². The van der Waals surface area contributed by atoms with Gasteiger partial charge < -0.3 is 4.57 Å². The number of hydrogen-bond donors (Lipinski definition) is 0. The molecule has 0 atom stereocenters. The van der Waals surface area contributed by atoms with E-state index in [9.17, 15) is 0 Å². The van der Waals surface area contributed by atoms with Gasteiger partial charge in [0.1, 0.15) is 0 Å². The maximum atomic E-state index is 4.37. The molecule has 0 saturated carbocycles. The van der Waals surface area contributed by atoms with Gasteiger partial charge in [-0.15, -0.1) is 0 Å². The summed E-state index contributed by atoms with van der Waals surface area (Å²) in [6.07, 6.45) is 4.57. The molecule has 0 bridgehead atoms. The highest BCUT2D eigenvalue weighted by Crippen LogP contribution is 2.20. The van der Waals surface area contributed by atoms with Crippen molar-refractivity contribution in [3.05, 3.63) is 30.1 Å². The van der Waals surface area contributed by atoms with Gasteiger partial charge in [-0.3, -0.25) is 4.90 Å². The van der Waals surface area contributed by atoms with Crippen LogP contribution < -0.4 is 0 Å². The maximum Gasteiger partial charge on any atom is 0.0955 e. The van der Waals surface area contributed by atoms with Crippen LogP contribution in [0.1, 0.15) is 53.0 Å². The Bertz CT molecular complexity index is 537. The lowest BCUT2D eigenvalue weighted by molar-refractivity contribution is 0.185. The lowest BCUT2D eigenvalue weighted by atomic mass is 9.99. The second-order valence-electron chi connectivity index (χ2n) is 5.64. The van der Waals surface area contributed by atoms with Crippen molar-refractivity contribution in [3.8, 4) is 0 Å². The second-order valence-corrected chi connectivity index (χ2v) is 5.64. The first kappa shape index (κ1) is 18.7.